The Balaban J connectivity index is 2.70. The summed E-state index contributed by atoms with van der Waals surface area (Å²) in [5.41, 5.74) is -1.95. The topological polar surface area (TPSA) is 66.0 Å². The lowest BCUT2D eigenvalue weighted by molar-refractivity contribution is -0.137. The second-order valence-electron chi connectivity index (χ2n) is 3.91. The predicted octanol–water partition coefficient (Wildman–Crippen LogP) is 2.47. The maximum atomic E-state index is 12.8. The van der Waals surface area contributed by atoms with Gasteiger partial charge in [0, 0.05) is 5.56 Å². The zero-order valence-corrected chi connectivity index (χ0v) is 9.75. The van der Waals surface area contributed by atoms with Crippen molar-refractivity contribution < 1.29 is 18.3 Å². The van der Waals surface area contributed by atoms with E-state index in [0.717, 1.165) is 6.07 Å². The van der Waals surface area contributed by atoms with E-state index in [1.165, 1.54) is 25.1 Å². The number of alkyl halides is 3. The third-order valence-corrected chi connectivity index (χ3v) is 2.61. The lowest BCUT2D eigenvalue weighted by atomic mass is 10.1. The van der Waals surface area contributed by atoms with Gasteiger partial charge in [0.15, 0.2) is 0 Å². The SMILES string of the molecule is Cc1c(O)nc(-c2ccccc2C(F)(F)F)[nH]c1=O. The Hall–Kier alpha value is -2.31. The lowest BCUT2D eigenvalue weighted by Gasteiger charge is -2.12. The summed E-state index contributed by atoms with van der Waals surface area (Å²) in [6.07, 6.45) is -4.57. The van der Waals surface area contributed by atoms with Gasteiger partial charge in [-0.15, -0.1) is 0 Å². The van der Waals surface area contributed by atoms with Gasteiger partial charge in [0.25, 0.3) is 5.56 Å². The van der Waals surface area contributed by atoms with Crippen molar-refractivity contribution in [2.75, 3.05) is 0 Å². The zero-order chi connectivity index (χ0) is 14.2. The molecule has 2 N–H and O–H groups in total. The van der Waals surface area contributed by atoms with Crippen molar-refractivity contribution in [3.63, 3.8) is 0 Å². The summed E-state index contributed by atoms with van der Waals surface area (Å²) < 4.78 is 38.5. The van der Waals surface area contributed by atoms with Gasteiger partial charge in [-0.05, 0) is 13.0 Å². The molecule has 0 aliphatic rings. The number of nitrogens with zero attached hydrogens (tertiary/aromatic N) is 1. The highest BCUT2D eigenvalue weighted by Crippen LogP contribution is 2.35. The molecule has 1 aromatic heterocycles. The van der Waals surface area contributed by atoms with E-state index in [-0.39, 0.29) is 17.0 Å². The van der Waals surface area contributed by atoms with Crippen molar-refractivity contribution in [3.05, 3.63) is 45.7 Å². The number of halogens is 3. The van der Waals surface area contributed by atoms with E-state index in [9.17, 15) is 23.1 Å². The number of H-pyrrole nitrogens is 1. The van der Waals surface area contributed by atoms with Crippen molar-refractivity contribution in [2.45, 2.75) is 13.1 Å². The molecule has 0 radical (unpaired) electrons. The quantitative estimate of drug-likeness (QED) is 0.836. The fraction of sp³-hybridized carbons (Fsp3) is 0.167. The molecule has 0 amide bonds. The molecule has 1 heterocycles. The molecule has 0 unspecified atom stereocenters. The van der Waals surface area contributed by atoms with Crippen LogP contribution in [0.2, 0.25) is 0 Å². The molecule has 0 fully saturated rings. The van der Waals surface area contributed by atoms with E-state index in [1.54, 1.807) is 0 Å². The van der Waals surface area contributed by atoms with E-state index in [0.29, 0.717) is 0 Å². The molecule has 2 rings (SSSR count). The largest absolute Gasteiger partial charge is 0.493 e. The number of nitrogens with one attached hydrogen (secondary N) is 1. The number of rotatable bonds is 1. The molecule has 0 atom stereocenters. The van der Waals surface area contributed by atoms with E-state index >= 15 is 0 Å². The average molecular weight is 270 g/mol. The van der Waals surface area contributed by atoms with E-state index in [1.807, 2.05) is 0 Å². The summed E-state index contributed by atoms with van der Waals surface area (Å²) in [4.78, 5) is 17.3. The molecule has 7 heteroatoms. The highest BCUT2D eigenvalue weighted by molar-refractivity contribution is 5.61. The minimum atomic E-state index is -4.57. The van der Waals surface area contributed by atoms with E-state index in [4.69, 9.17) is 0 Å². The standard InChI is InChI=1S/C12H9F3N2O2/c1-6-10(18)16-9(17-11(6)19)7-4-2-3-5-8(7)12(13,14)15/h2-5H,1H3,(H2,16,17,18,19). The monoisotopic (exact) mass is 270 g/mol. The van der Waals surface area contributed by atoms with Gasteiger partial charge in [-0.2, -0.15) is 18.2 Å². The Morgan fingerprint density at radius 2 is 1.89 bits per heavy atom. The summed E-state index contributed by atoms with van der Waals surface area (Å²) in [5.74, 6) is -0.906. The summed E-state index contributed by atoms with van der Waals surface area (Å²) >= 11 is 0. The first-order chi connectivity index (χ1) is 8.80. The third-order valence-electron chi connectivity index (χ3n) is 2.61. The third kappa shape index (κ3) is 2.44. The highest BCUT2D eigenvalue weighted by atomic mass is 19.4. The summed E-state index contributed by atoms with van der Waals surface area (Å²) in [7, 11) is 0. The first-order valence-corrected chi connectivity index (χ1v) is 5.27. The molecule has 0 aliphatic carbocycles. The number of hydrogen-bond donors (Lipinski definition) is 2. The van der Waals surface area contributed by atoms with Crippen LogP contribution in [0, 0.1) is 6.92 Å². The Labute approximate surface area is 105 Å². The maximum absolute atomic E-state index is 12.8. The average Bonchev–Trinajstić information content (AvgIpc) is 2.34. The molecule has 0 spiro atoms. The fourth-order valence-corrected chi connectivity index (χ4v) is 1.58. The van der Waals surface area contributed by atoms with Gasteiger partial charge in [-0.25, -0.2) is 0 Å². The predicted molar refractivity (Wildman–Crippen MR) is 61.7 cm³/mol. The van der Waals surface area contributed by atoms with E-state index < -0.39 is 23.2 Å². The van der Waals surface area contributed by atoms with Crippen LogP contribution in [0.4, 0.5) is 13.2 Å². The van der Waals surface area contributed by atoms with Crippen LogP contribution in [0.3, 0.4) is 0 Å². The maximum Gasteiger partial charge on any atom is 0.417 e. The Kier molecular flexibility index (Phi) is 3.05. The normalized spacial score (nSPS) is 11.6. The number of aromatic amines is 1. The van der Waals surface area contributed by atoms with Gasteiger partial charge in [-0.3, -0.25) is 4.79 Å². The minimum absolute atomic E-state index is 0.0479. The first-order valence-electron chi connectivity index (χ1n) is 5.27. The van der Waals surface area contributed by atoms with Crippen molar-refractivity contribution in [1.82, 2.24) is 9.97 Å². The summed E-state index contributed by atoms with van der Waals surface area (Å²) in [6, 6.07) is 4.68. The molecule has 2 aromatic rings. The Morgan fingerprint density at radius 1 is 1.26 bits per heavy atom. The first kappa shape index (κ1) is 13.1. The van der Waals surface area contributed by atoms with Crippen LogP contribution >= 0.6 is 0 Å². The fourth-order valence-electron chi connectivity index (χ4n) is 1.58. The zero-order valence-electron chi connectivity index (χ0n) is 9.75. The molecule has 19 heavy (non-hydrogen) atoms. The van der Waals surface area contributed by atoms with Crippen LogP contribution in [0.15, 0.2) is 29.1 Å². The number of aromatic hydroxyl groups is 1. The van der Waals surface area contributed by atoms with Crippen molar-refractivity contribution in [2.24, 2.45) is 0 Å². The minimum Gasteiger partial charge on any atom is -0.493 e. The van der Waals surface area contributed by atoms with Gasteiger partial charge < -0.3 is 10.1 Å². The molecular weight excluding hydrogens is 261 g/mol. The van der Waals surface area contributed by atoms with Gasteiger partial charge in [0.2, 0.25) is 5.88 Å². The smallest absolute Gasteiger partial charge is 0.417 e. The van der Waals surface area contributed by atoms with Crippen LogP contribution in [0.25, 0.3) is 11.4 Å². The Bertz CT molecular complexity index is 677. The Morgan fingerprint density at radius 3 is 2.47 bits per heavy atom. The second-order valence-corrected chi connectivity index (χ2v) is 3.91. The van der Waals surface area contributed by atoms with Gasteiger partial charge in [0.1, 0.15) is 5.82 Å². The van der Waals surface area contributed by atoms with E-state index in [2.05, 4.69) is 9.97 Å². The molecule has 0 bridgehead atoms. The second kappa shape index (κ2) is 4.42. The van der Waals surface area contributed by atoms with Crippen LogP contribution in [0.1, 0.15) is 11.1 Å². The van der Waals surface area contributed by atoms with Crippen LogP contribution < -0.4 is 5.56 Å². The molecular formula is C12H9F3N2O2. The number of aromatic nitrogens is 2. The van der Waals surface area contributed by atoms with Crippen molar-refractivity contribution >= 4 is 0 Å². The van der Waals surface area contributed by atoms with Gasteiger partial charge in [-0.1, -0.05) is 18.2 Å². The van der Waals surface area contributed by atoms with Gasteiger partial charge in [0.05, 0.1) is 11.1 Å². The molecule has 0 aliphatic heterocycles. The number of benzene rings is 1. The summed E-state index contributed by atoms with van der Waals surface area (Å²) in [6.45, 7) is 1.32. The molecule has 4 nitrogen and oxygen atoms in total. The molecule has 100 valence electrons. The molecule has 1 aromatic carbocycles. The number of hydrogen-bond acceptors (Lipinski definition) is 3. The van der Waals surface area contributed by atoms with Gasteiger partial charge >= 0.3 is 6.18 Å². The summed E-state index contributed by atoms with van der Waals surface area (Å²) in [5, 5.41) is 9.42. The highest BCUT2D eigenvalue weighted by Gasteiger charge is 2.34. The lowest BCUT2D eigenvalue weighted by Crippen LogP contribution is -2.14. The van der Waals surface area contributed by atoms with Crippen LogP contribution in [-0.4, -0.2) is 15.1 Å². The molecule has 0 saturated carbocycles. The van der Waals surface area contributed by atoms with Crippen molar-refractivity contribution in [3.8, 4) is 17.3 Å². The molecule has 0 saturated heterocycles. The van der Waals surface area contributed by atoms with Crippen molar-refractivity contribution in [1.29, 1.82) is 0 Å². The van der Waals surface area contributed by atoms with Crippen LogP contribution in [-0.2, 0) is 6.18 Å². The van der Waals surface area contributed by atoms with Crippen LogP contribution in [0.5, 0.6) is 5.88 Å².